The predicted molar refractivity (Wildman–Crippen MR) is 65.1 cm³/mol. The summed E-state index contributed by atoms with van der Waals surface area (Å²) < 4.78 is 29.3. The summed E-state index contributed by atoms with van der Waals surface area (Å²) in [4.78, 5) is 0. The average Bonchev–Trinajstić information content (AvgIpc) is 2.59. The number of hydrogen-bond acceptors (Lipinski definition) is 4. The van der Waals surface area contributed by atoms with Crippen molar-refractivity contribution in [1.29, 1.82) is 0 Å². The van der Waals surface area contributed by atoms with Gasteiger partial charge in [-0.3, -0.25) is 0 Å². The van der Waals surface area contributed by atoms with Gasteiger partial charge in [-0.1, -0.05) is 6.42 Å². The van der Waals surface area contributed by atoms with E-state index >= 15 is 0 Å². The van der Waals surface area contributed by atoms with Gasteiger partial charge in [0.2, 0.25) is 0 Å². The van der Waals surface area contributed by atoms with E-state index in [9.17, 15) is 8.42 Å². The van der Waals surface area contributed by atoms with Crippen molar-refractivity contribution in [3.05, 3.63) is 0 Å². The van der Waals surface area contributed by atoms with E-state index in [2.05, 4.69) is 0 Å². The van der Waals surface area contributed by atoms with Gasteiger partial charge in [-0.15, -0.1) is 0 Å². The molecule has 0 aliphatic carbocycles. The van der Waals surface area contributed by atoms with Gasteiger partial charge < -0.3 is 10.5 Å². The molecule has 16 heavy (non-hydrogen) atoms. The molecule has 1 fully saturated rings. The second kappa shape index (κ2) is 5.98. The quantitative estimate of drug-likeness (QED) is 0.716. The Kier molecular flexibility index (Phi) is 5.21. The maximum Gasteiger partial charge on any atom is 0.155 e. The molecular formula is C11H23NO3S. The fourth-order valence-electron chi connectivity index (χ4n) is 2.10. The lowest BCUT2D eigenvalue weighted by Crippen LogP contribution is -2.30. The van der Waals surface area contributed by atoms with Crippen molar-refractivity contribution in [1.82, 2.24) is 0 Å². The molecule has 0 spiro atoms. The van der Waals surface area contributed by atoms with Gasteiger partial charge >= 0.3 is 0 Å². The van der Waals surface area contributed by atoms with E-state index in [0.717, 1.165) is 12.8 Å². The smallest absolute Gasteiger partial charge is 0.155 e. The highest BCUT2D eigenvalue weighted by Gasteiger charge is 2.34. The number of nitrogens with two attached hydrogens (primary N) is 1. The Morgan fingerprint density at radius 1 is 1.44 bits per heavy atom. The fraction of sp³-hybridized carbons (Fsp3) is 1.00. The second-order valence-electron chi connectivity index (χ2n) is 4.74. The Balaban J connectivity index is 2.34. The average molecular weight is 249 g/mol. The van der Waals surface area contributed by atoms with Crippen LogP contribution in [0.4, 0.5) is 0 Å². The molecule has 0 radical (unpaired) electrons. The minimum Gasteiger partial charge on any atom is -0.377 e. The summed E-state index contributed by atoms with van der Waals surface area (Å²) in [6, 6.07) is 0.163. The summed E-state index contributed by atoms with van der Waals surface area (Å²) in [5.41, 5.74) is 5.62. The first-order chi connectivity index (χ1) is 7.43. The third-order valence-corrected chi connectivity index (χ3v) is 5.51. The Bertz CT molecular complexity index is 300. The molecule has 2 N–H and O–H groups in total. The molecule has 1 aliphatic rings. The highest BCUT2D eigenvalue weighted by molar-refractivity contribution is 7.92. The monoisotopic (exact) mass is 249 g/mol. The summed E-state index contributed by atoms with van der Waals surface area (Å²) in [6.45, 7) is 4.36. The van der Waals surface area contributed by atoms with Crippen molar-refractivity contribution < 1.29 is 13.2 Å². The Morgan fingerprint density at radius 2 is 2.12 bits per heavy atom. The van der Waals surface area contributed by atoms with E-state index in [-0.39, 0.29) is 23.1 Å². The van der Waals surface area contributed by atoms with Gasteiger partial charge in [-0.05, 0) is 33.1 Å². The lowest BCUT2D eigenvalue weighted by Gasteiger charge is -2.15. The second-order valence-corrected chi connectivity index (χ2v) is 7.08. The fourth-order valence-corrected chi connectivity index (χ4v) is 4.13. The third kappa shape index (κ3) is 4.03. The largest absolute Gasteiger partial charge is 0.377 e. The van der Waals surface area contributed by atoms with Crippen molar-refractivity contribution in [3.8, 4) is 0 Å². The van der Waals surface area contributed by atoms with Crippen LogP contribution in [0, 0.1) is 0 Å². The van der Waals surface area contributed by atoms with Gasteiger partial charge in [0.05, 0.1) is 17.1 Å². The van der Waals surface area contributed by atoms with Crippen LogP contribution in [0.2, 0.25) is 0 Å². The summed E-state index contributed by atoms with van der Waals surface area (Å²) in [7, 11) is -2.97. The molecule has 3 unspecified atom stereocenters. The molecule has 5 heteroatoms. The molecule has 1 rings (SSSR count). The number of hydrogen-bond donors (Lipinski definition) is 1. The summed E-state index contributed by atoms with van der Waals surface area (Å²) in [6.07, 6.45) is 3.01. The van der Waals surface area contributed by atoms with Crippen LogP contribution in [0.3, 0.4) is 0 Å². The first-order valence-electron chi connectivity index (χ1n) is 6.02. The number of rotatable bonds is 6. The zero-order valence-electron chi connectivity index (χ0n) is 10.2. The summed E-state index contributed by atoms with van der Waals surface area (Å²) in [5.74, 6) is 0.276. The van der Waals surface area contributed by atoms with Gasteiger partial charge in [0, 0.05) is 12.6 Å². The SMILES string of the molecule is CC(N)CCCCS(=O)(=O)C1CCOC1C. The van der Waals surface area contributed by atoms with Crippen LogP contribution in [0.15, 0.2) is 0 Å². The van der Waals surface area contributed by atoms with Crippen molar-refractivity contribution in [2.45, 2.75) is 56.9 Å². The van der Waals surface area contributed by atoms with Crippen LogP contribution in [0.1, 0.15) is 39.5 Å². The number of sulfone groups is 1. The van der Waals surface area contributed by atoms with Crippen molar-refractivity contribution in [2.75, 3.05) is 12.4 Å². The van der Waals surface area contributed by atoms with Gasteiger partial charge in [-0.25, -0.2) is 8.42 Å². The van der Waals surface area contributed by atoms with Gasteiger partial charge in [-0.2, -0.15) is 0 Å². The summed E-state index contributed by atoms with van der Waals surface area (Å²) in [5, 5.41) is -0.289. The van der Waals surface area contributed by atoms with Crippen molar-refractivity contribution in [2.24, 2.45) is 5.73 Å². The lowest BCUT2D eigenvalue weighted by atomic mass is 10.2. The molecule has 0 bridgehead atoms. The molecular weight excluding hydrogens is 226 g/mol. The minimum absolute atomic E-state index is 0.140. The topological polar surface area (TPSA) is 69.4 Å². The van der Waals surface area contributed by atoms with E-state index in [4.69, 9.17) is 10.5 Å². The van der Waals surface area contributed by atoms with Gasteiger partial charge in [0.15, 0.2) is 9.84 Å². The van der Waals surface area contributed by atoms with Crippen molar-refractivity contribution >= 4 is 9.84 Å². The first kappa shape index (κ1) is 13.9. The van der Waals surface area contributed by atoms with E-state index < -0.39 is 9.84 Å². The molecule has 0 saturated carbocycles. The van der Waals surface area contributed by atoms with Crippen LogP contribution in [0.5, 0.6) is 0 Å². The van der Waals surface area contributed by atoms with Crippen LogP contribution < -0.4 is 5.73 Å². The lowest BCUT2D eigenvalue weighted by molar-refractivity contribution is 0.126. The Hall–Kier alpha value is -0.130. The number of unbranched alkanes of at least 4 members (excludes halogenated alkanes) is 1. The zero-order valence-corrected chi connectivity index (χ0v) is 11.0. The molecule has 1 heterocycles. The van der Waals surface area contributed by atoms with Gasteiger partial charge in [0.1, 0.15) is 0 Å². The minimum atomic E-state index is -2.97. The van der Waals surface area contributed by atoms with Crippen LogP contribution in [-0.4, -0.2) is 38.2 Å². The molecule has 0 aromatic rings. The predicted octanol–water partition coefficient (Wildman–Crippen LogP) is 1.10. The molecule has 0 aromatic carbocycles. The summed E-state index contributed by atoms with van der Waals surface area (Å²) >= 11 is 0. The molecule has 4 nitrogen and oxygen atoms in total. The first-order valence-corrected chi connectivity index (χ1v) is 7.74. The maximum atomic E-state index is 12.0. The van der Waals surface area contributed by atoms with E-state index in [0.29, 0.717) is 19.4 Å². The molecule has 0 amide bonds. The van der Waals surface area contributed by atoms with E-state index in [1.807, 2.05) is 13.8 Å². The van der Waals surface area contributed by atoms with Crippen LogP contribution >= 0.6 is 0 Å². The maximum absolute atomic E-state index is 12.0. The number of ether oxygens (including phenoxy) is 1. The van der Waals surface area contributed by atoms with Gasteiger partial charge in [0.25, 0.3) is 0 Å². The highest BCUT2D eigenvalue weighted by atomic mass is 32.2. The highest BCUT2D eigenvalue weighted by Crippen LogP contribution is 2.22. The van der Waals surface area contributed by atoms with Crippen LogP contribution in [0.25, 0.3) is 0 Å². The third-order valence-electron chi connectivity index (χ3n) is 3.11. The van der Waals surface area contributed by atoms with Crippen molar-refractivity contribution in [3.63, 3.8) is 0 Å². The standard InChI is InChI=1S/C11H23NO3S/c1-9(12)5-3-4-8-16(13,14)11-6-7-15-10(11)2/h9-11H,3-8,12H2,1-2H3. The zero-order chi connectivity index (χ0) is 12.2. The Labute approximate surface area is 98.5 Å². The molecule has 3 atom stereocenters. The normalized spacial score (nSPS) is 28.2. The molecule has 1 aliphatic heterocycles. The molecule has 1 saturated heterocycles. The molecule has 0 aromatic heterocycles. The Morgan fingerprint density at radius 3 is 2.62 bits per heavy atom. The van der Waals surface area contributed by atoms with Crippen LogP contribution in [-0.2, 0) is 14.6 Å². The van der Waals surface area contributed by atoms with E-state index in [1.54, 1.807) is 0 Å². The van der Waals surface area contributed by atoms with E-state index in [1.165, 1.54) is 0 Å². The molecule has 96 valence electrons.